The molecule has 0 saturated carbocycles. The van der Waals surface area contributed by atoms with Crippen LogP contribution in [0, 0.1) is 0 Å². The summed E-state index contributed by atoms with van der Waals surface area (Å²) < 4.78 is 54.9. The van der Waals surface area contributed by atoms with Crippen LogP contribution in [0.1, 0.15) is 15.9 Å². The Morgan fingerprint density at radius 3 is 2.58 bits per heavy atom. The normalized spacial score (nSPS) is 25.0. The molecule has 2 saturated heterocycles. The van der Waals surface area contributed by atoms with Gasteiger partial charge in [0.1, 0.15) is 18.5 Å². The molecular weight excluding hydrogens is 421 g/mol. The van der Waals surface area contributed by atoms with Crippen molar-refractivity contribution in [3.05, 3.63) is 54.1 Å². The van der Waals surface area contributed by atoms with Crippen molar-refractivity contribution in [3.63, 3.8) is 0 Å². The first-order valence-corrected chi connectivity index (χ1v) is 9.25. The number of halogens is 3. The minimum atomic E-state index is -4.53. The lowest BCUT2D eigenvalue weighted by Gasteiger charge is -2.18. The van der Waals surface area contributed by atoms with Gasteiger partial charge in [-0.25, -0.2) is 14.8 Å². The standard InChI is InChI=1S/C19H17F3N4O5/c20-19(21,22)11-2-1-3-12(4-11)25-18(28)31-14-8-30-15-13(7-29-16(14)15)26-17(27)10-5-23-9-24-6-10/h1-6,9,13-16H,7-8H2,(H,25,28)(H,26,27)/t13-,14-,15-,16+/m0/s1. The number of carbonyl (C=O) groups excluding carboxylic acids is 2. The van der Waals surface area contributed by atoms with E-state index in [0.29, 0.717) is 0 Å². The number of anilines is 1. The molecular formula is C19H17F3N4O5. The molecule has 2 aliphatic heterocycles. The Hall–Kier alpha value is -3.25. The van der Waals surface area contributed by atoms with E-state index in [1.165, 1.54) is 30.9 Å². The van der Waals surface area contributed by atoms with E-state index < -0.39 is 48.1 Å². The summed E-state index contributed by atoms with van der Waals surface area (Å²) in [5.41, 5.74) is -0.675. The van der Waals surface area contributed by atoms with Crippen LogP contribution in [0.3, 0.4) is 0 Å². The molecule has 0 aliphatic carbocycles. The molecule has 0 radical (unpaired) electrons. The van der Waals surface area contributed by atoms with Gasteiger partial charge in [-0.1, -0.05) is 6.07 Å². The summed E-state index contributed by atoms with van der Waals surface area (Å²) in [6.45, 7) is 0.163. The Morgan fingerprint density at radius 2 is 1.84 bits per heavy atom. The van der Waals surface area contributed by atoms with Gasteiger partial charge in [-0.3, -0.25) is 10.1 Å². The highest BCUT2D eigenvalue weighted by atomic mass is 19.4. The summed E-state index contributed by atoms with van der Waals surface area (Å²) >= 11 is 0. The highest BCUT2D eigenvalue weighted by Gasteiger charge is 2.50. The van der Waals surface area contributed by atoms with Crippen molar-refractivity contribution >= 4 is 17.7 Å². The Balaban J connectivity index is 1.32. The van der Waals surface area contributed by atoms with Crippen LogP contribution in [0.2, 0.25) is 0 Å². The van der Waals surface area contributed by atoms with Gasteiger partial charge in [-0.15, -0.1) is 0 Å². The molecule has 2 aromatic rings. The van der Waals surface area contributed by atoms with Gasteiger partial charge in [-0.05, 0) is 18.2 Å². The molecule has 2 aliphatic rings. The summed E-state index contributed by atoms with van der Waals surface area (Å²) in [4.78, 5) is 32.0. The molecule has 3 heterocycles. The van der Waals surface area contributed by atoms with Gasteiger partial charge >= 0.3 is 12.3 Å². The third kappa shape index (κ3) is 4.75. The lowest BCUT2D eigenvalue weighted by Crippen LogP contribution is -2.44. The number of nitrogens with zero attached hydrogens (tertiary/aromatic N) is 2. The Labute approximate surface area is 173 Å². The lowest BCUT2D eigenvalue weighted by molar-refractivity contribution is -0.137. The third-order valence-electron chi connectivity index (χ3n) is 4.84. The molecule has 0 unspecified atom stereocenters. The van der Waals surface area contributed by atoms with Crippen LogP contribution in [0.15, 0.2) is 43.0 Å². The topological polar surface area (TPSA) is 112 Å². The second kappa shape index (κ2) is 8.47. The molecule has 0 bridgehead atoms. The van der Waals surface area contributed by atoms with Crippen LogP contribution in [0.5, 0.6) is 0 Å². The molecule has 2 N–H and O–H groups in total. The third-order valence-corrected chi connectivity index (χ3v) is 4.84. The van der Waals surface area contributed by atoms with Gasteiger partial charge in [0, 0.05) is 18.1 Å². The van der Waals surface area contributed by atoms with Gasteiger partial charge in [0.2, 0.25) is 0 Å². The summed E-state index contributed by atoms with van der Waals surface area (Å²) in [5.74, 6) is -0.398. The highest BCUT2D eigenvalue weighted by molar-refractivity contribution is 5.93. The molecule has 12 heteroatoms. The van der Waals surface area contributed by atoms with E-state index >= 15 is 0 Å². The number of fused-ring (bicyclic) bond motifs is 1. The van der Waals surface area contributed by atoms with E-state index in [-0.39, 0.29) is 24.5 Å². The van der Waals surface area contributed by atoms with Gasteiger partial charge < -0.3 is 19.5 Å². The molecule has 0 spiro atoms. The predicted molar refractivity (Wildman–Crippen MR) is 98.1 cm³/mol. The second-order valence-corrected chi connectivity index (χ2v) is 6.95. The van der Waals surface area contributed by atoms with Crippen molar-refractivity contribution in [1.29, 1.82) is 0 Å². The Kier molecular flexibility index (Phi) is 5.74. The van der Waals surface area contributed by atoms with Crippen LogP contribution < -0.4 is 10.6 Å². The Bertz CT molecular complexity index is 959. The zero-order chi connectivity index (χ0) is 22.0. The number of hydrogen-bond donors (Lipinski definition) is 2. The van der Waals surface area contributed by atoms with Gasteiger partial charge in [-0.2, -0.15) is 13.2 Å². The molecule has 9 nitrogen and oxygen atoms in total. The van der Waals surface area contributed by atoms with Crippen LogP contribution in [0.25, 0.3) is 0 Å². The van der Waals surface area contributed by atoms with Crippen LogP contribution in [-0.4, -0.2) is 59.5 Å². The number of alkyl halides is 3. The van der Waals surface area contributed by atoms with E-state index in [1.807, 2.05) is 0 Å². The number of carbonyl (C=O) groups is 2. The van der Waals surface area contributed by atoms with Crippen LogP contribution >= 0.6 is 0 Å². The molecule has 1 aromatic heterocycles. The minimum Gasteiger partial charge on any atom is -0.441 e. The van der Waals surface area contributed by atoms with E-state index in [9.17, 15) is 22.8 Å². The fourth-order valence-corrected chi connectivity index (χ4v) is 3.42. The monoisotopic (exact) mass is 438 g/mol. The number of ether oxygens (including phenoxy) is 3. The molecule has 4 rings (SSSR count). The van der Waals surface area contributed by atoms with Crippen molar-refractivity contribution in [2.75, 3.05) is 18.5 Å². The van der Waals surface area contributed by atoms with E-state index in [4.69, 9.17) is 14.2 Å². The first-order valence-electron chi connectivity index (χ1n) is 9.25. The summed E-state index contributed by atoms with van der Waals surface area (Å²) in [7, 11) is 0. The maximum atomic E-state index is 12.8. The quantitative estimate of drug-likeness (QED) is 0.751. The maximum absolute atomic E-state index is 12.8. The molecule has 31 heavy (non-hydrogen) atoms. The van der Waals surface area contributed by atoms with E-state index in [2.05, 4.69) is 20.6 Å². The smallest absolute Gasteiger partial charge is 0.416 e. The molecule has 164 valence electrons. The number of rotatable bonds is 4. The molecule has 1 aromatic carbocycles. The van der Waals surface area contributed by atoms with Crippen molar-refractivity contribution < 1.29 is 37.0 Å². The maximum Gasteiger partial charge on any atom is 0.416 e. The molecule has 2 amide bonds. The molecule has 4 atom stereocenters. The number of hydrogen-bond acceptors (Lipinski definition) is 7. The highest BCUT2D eigenvalue weighted by Crippen LogP contribution is 2.31. The fraction of sp³-hybridized carbons (Fsp3) is 0.368. The number of amides is 2. The van der Waals surface area contributed by atoms with Crippen LogP contribution in [-0.2, 0) is 20.4 Å². The first kappa shape index (κ1) is 21.0. The number of nitrogens with one attached hydrogen (secondary N) is 2. The van der Waals surface area contributed by atoms with Crippen LogP contribution in [0.4, 0.5) is 23.7 Å². The Morgan fingerprint density at radius 1 is 1.10 bits per heavy atom. The minimum absolute atomic E-state index is 0.0200. The van der Waals surface area contributed by atoms with E-state index in [0.717, 1.165) is 12.1 Å². The lowest BCUT2D eigenvalue weighted by atomic mass is 10.1. The molecule has 2 fully saturated rings. The largest absolute Gasteiger partial charge is 0.441 e. The van der Waals surface area contributed by atoms with Gasteiger partial charge in [0.15, 0.2) is 6.10 Å². The van der Waals surface area contributed by atoms with Crippen molar-refractivity contribution in [2.45, 2.75) is 30.5 Å². The number of benzene rings is 1. The zero-order valence-corrected chi connectivity index (χ0v) is 15.8. The number of aromatic nitrogens is 2. The summed E-state index contributed by atoms with van der Waals surface area (Å²) in [6.07, 6.45) is -3.37. The average Bonchev–Trinajstić information content (AvgIpc) is 3.32. The average molecular weight is 438 g/mol. The van der Waals surface area contributed by atoms with Gasteiger partial charge in [0.25, 0.3) is 5.91 Å². The SMILES string of the molecule is O=C(Nc1cccc(C(F)(F)F)c1)O[C@H]1CO[C@@H]2[C@@H]1OC[C@@H]2NC(=O)c1cncnc1. The zero-order valence-electron chi connectivity index (χ0n) is 15.8. The van der Waals surface area contributed by atoms with Crippen molar-refractivity contribution in [2.24, 2.45) is 0 Å². The van der Waals surface area contributed by atoms with Crippen molar-refractivity contribution in [1.82, 2.24) is 15.3 Å². The summed E-state index contributed by atoms with van der Waals surface area (Å²) in [6, 6.07) is 3.72. The second-order valence-electron chi connectivity index (χ2n) is 6.95. The van der Waals surface area contributed by atoms with Crippen molar-refractivity contribution in [3.8, 4) is 0 Å². The first-order chi connectivity index (χ1) is 14.8. The fourth-order valence-electron chi connectivity index (χ4n) is 3.42. The summed E-state index contributed by atoms with van der Waals surface area (Å²) in [5, 5.41) is 5.04. The van der Waals surface area contributed by atoms with Gasteiger partial charge in [0.05, 0.1) is 30.4 Å². The predicted octanol–water partition coefficient (Wildman–Crippen LogP) is 2.01. The van der Waals surface area contributed by atoms with E-state index in [1.54, 1.807) is 0 Å².